The van der Waals surface area contributed by atoms with Crippen LogP contribution in [0.1, 0.15) is 27.8 Å². The number of rotatable bonds is 8. The lowest BCUT2D eigenvalue weighted by atomic mass is 9.91. The summed E-state index contributed by atoms with van der Waals surface area (Å²) in [7, 11) is 0. The number of benzene rings is 9. The molecular formula is C63H38F6N6. The van der Waals surface area contributed by atoms with E-state index >= 15 is 0 Å². The molecule has 11 rings (SSSR count). The summed E-state index contributed by atoms with van der Waals surface area (Å²) >= 11 is 0. The van der Waals surface area contributed by atoms with Gasteiger partial charge in [0.1, 0.15) is 0 Å². The molecule has 12 heteroatoms. The van der Waals surface area contributed by atoms with Crippen LogP contribution in [0.4, 0.5) is 32.0 Å². The molecule has 0 saturated carbocycles. The first-order valence-corrected chi connectivity index (χ1v) is 23.6. The zero-order valence-electron chi connectivity index (χ0n) is 39.9. The second-order valence-electron chi connectivity index (χ2n) is 18.3. The average molecular weight is 993 g/mol. The summed E-state index contributed by atoms with van der Waals surface area (Å²) in [5.41, 5.74) is 7.98. The molecule has 0 bridgehead atoms. The van der Waals surface area contributed by atoms with E-state index in [1.54, 1.807) is 74.5 Å². The Labute approximate surface area is 427 Å². The SMILES string of the molecule is [C-]#[N+]c1cccc(-c2cc(-c3nc(-c4ccccc4)nc(-c4ccccc4)n3)cc(-c3cccc(C#N)c3)c2-n2c3ccc(-c4cc(C)cc(C(F)(F)F)c4)cc3c3cc(-c4cc(C)cc(C(F)(F)F)c4)ccc32)c1. The monoisotopic (exact) mass is 992 g/mol. The third kappa shape index (κ3) is 9.26. The average Bonchev–Trinajstić information content (AvgIpc) is 3.77. The van der Waals surface area contributed by atoms with E-state index in [0.717, 1.165) is 35.4 Å². The van der Waals surface area contributed by atoms with Gasteiger partial charge in [-0.2, -0.15) is 31.6 Å². The highest BCUT2D eigenvalue weighted by Crippen LogP contribution is 2.46. The molecule has 75 heavy (non-hydrogen) atoms. The van der Waals surface area contributed by atoms with E-state index in [1.165, 1.54) is 0 Å². The van der Waals surface area contributed by atoms with E-state index in [1.807, 2.05) is 114 Å². The van der Waals surface area contributed by atoms with E-state index in [4.69, 9.17) is 21.5 Å². The summed E-state index contributed by atoms with van der Waals surface area (Å²) in [4.78, 5) is 18.9. The second-order valence-corrected chi connectivity index (χ2v) is 18.3. The van der Waals surface area contributed by atoms with Crippen LogP contribution in [0.2, 0.25) is 0 Å². The molecule has 0 amide bonds. The van der Waals surface area contributed by atoms with Crippen molar-refractivity contribution in [1.82, 2.24) is 19.5 Å². The van der Waals surface area contributed by atoms with Crippen molar-refractivity contribution in [2.75, 3.05) is 0 Å². The minimum Gasteiger partial charge on any atom is -0.308 e. The highest BCUT2D eigenvalue weighted by Gasteiger charge is 2.33. The topological polar surface area (TPSA) is 71.8 Å². The van der Waals surface area contributed by atoms with Crippen LogP contribution in [-0.2, 0) is 12.4 Å². The summed E-state index contributed by atoms with van der Waals surface area (Å²) in [5.74, 6) is 1.18. The van der Waals surface area contributed by atoms with Gasteiger partial charge in [0.05, 0.1) is 46.1 Å². The fraction of sp³-hybridized carbons (Fsp3) is 0.0635. The molecule has 0 saturated heterocycles. The minimum atomic E-state index is -4.61. The summed E-state index contributed by atoms with van der Waals surface area (Å²) in [6.07, 6.45) is -9.22. The first-order valence-electron chi connectivity index (χ1n) is 23.6. The molecule has 362 valence electrons. The van der Waals surface area contributed by atoms with Gasteiger partial charge >= 0.3 is 12.4 Å². The minimum absolute atomic E-state index is 0.326. The van der Waals surface area contributed by atoms with Crippen LogP contribution in [0, 0.1) is 31.8 Å². The van der Waals surface area contributed by atoms with Crippen molar-refractivity contribution >= 4 is 27.5 Å². The van der Waals surface area contributed by atoms with E-state index in [9.17, 15) is 31.6 Å². The largest absolute Gasteiger partial charge is 0.416 e. The third-order valence-corrected chi connectivity index (χ3v) is 13.1. The van der Waals surface area contributed by atoms with Crippen LogP contribution in [0.3, 0.4) is 0 Å². The molecule has 0 aliphatic heterocycles. The summed E-state index contributed by atoms with van der Waals surface area (Å²) in [6, 6.07) is 58.1. The zero-order valence-corrected chi connectivity index (χ0v) is 39.9. The Morgan fingerprint density at radius 1 is 0.440 bits per heavy atom. The fourth-order valence-electron chi connectivity index (χ4n) is 9.73. The molecule has 0 aliphatic rings. The van der Waals surface area contributed by atoms with E-state index in [0.29, 0.717) is 117 Å². The maximum atomic E-state index is 14.3. The van der Waals surface area contributed by atoms with Crippen molar-refractivity contribution in [1.29, 1.82) is 5.26 Å². The normalized spacial score (nSPS) is 11.7. The Morgan fingerprint density at radius 3 is 1.36 bits per heavy atom. The molecule has 2 aromatic heterocycles. The lowest BCUT2D eigenvalue weighted by molar-refractivity contribution is -0.138. The number of alkyl halides is 6. The van der Waals surface area contributed by atoms with E-state index < -0.39 is 23.5 Å². The number of hydrogen-bond acceptors (Lipinski definition) is 4. The summed E-state index contributed by atoms with van der Waals surface area (Å²) in [6.45, 7) is 11.3. The van der Waals surface area contributed by atoms with Gasteiger partial charge in [0.25, 0.3) is 0 Å². The molecule has 0 aliphatic carbocycles. The number of nitriles is 1. The highest BCUT2D eigenvalue weighted by atomic mass is 19.4. The molecule has 0 atom stereocenters. The molecule has 2 heterocycles. The number of aromatic nitrogens is 4. The first kappa shape index (κ1) is 47.7. The highest BCUT2D eigenvalue weighted by molar-refractivity contribution is 6.13. The number of nitrogens with zero attached hydrogens (tertiary/aromatic N) is 6. The van der Waals surface area contributed by atoms with Crippen molar-refractivity contribution in [3.05, 3.63) is 233 Å². The third-order valence-electron chi connectivity index (χ3n) is 13.1. The van der Waals surface area contributed by atoms with Crippen LogP contribution in [0.5, 0.6) is 0 Å². The molecule has 0 fully saturated rings. The molecule has 6 nitrogen and oxygen atoms in total. The Morgan fingerprint density at radius 2 is 0.893 bits per heavy atom. The van der Waals surface area contributed by atoms with E-state index in [2.05, 4.69) is 10.9 Å². The zero-order chi connectivity index (χ0) is 52.2. The predicted molar refractivity (Wildman–Crippen MR) is 283 cm³/mol. The fourth-order valence-corrected chi connectivity index (χ4v) is 9.73. The maximum absolute atomic E-state index is 14.3. The molecule has 9 aromatic carbocycles. The molecule has 0 radical (unpaired) electrons. The van der Waals surface area contributed by atoms with Gasteiger partial charge in [-0.15, -0.1) is 0 Å². The van der Waals surface area contributed by atoms with Crippen molar-refractivity contribution in [3.63, 3.8) is 0 Å². The molecule has 11 aromatic rings. The molecule has 0 spiro atoms. The number of hydrogen-bond donors (Lipinski definition) is 0. The van der Waals surface area contributed by atoms with Crippen LogP contribution >= 0.6 is 0 Å². The maximum Gasteiger partial charge on any atom is 0.416 e. The van der Waals surface area contributed by atoms with Gasteiger partial charge in [-0.1, -0.05) is 115 Å². The summed E-state index contributed by atoms with van der Waals surface area (Å²) < 4.78 is 87.9. The van der Waals surface area contributed by atoms with Gasteiger partial charge in [0.15, 0.2) is 23.2 Å². The lowest BCUT2D eigenvalue weighted by Gasteiger charge is -2.21. The number of halogens is 6. The molecule has 0 N–H and O–H groups in total. The molecule has 0 unspecified atom stereocenters. The van der Waals surface area contributed by atoms with Gasteiger partial charge in [-0.3, -0.25) is 0 Å². The van der Waals surface area contributed by atoms with Crippen LogP contribution in [0.25, 0.3) is 111 Å². The van der Waals surface area contributed by atoms with Crippen molar-refractivity contribution in [2.24, 2.45) is 0 Å². The van der Waals surface area contributed by atoms with Crippen LogP contribution in [-0.4, -0.2) is 19.5 Å². The molecular weight excluding hydrogens is 955 g/mol. The van der Waals surface area contributed by atoms with Crippen LogP contribution < -0.4 is 0 Å². The summed E-state index contributed by atoms with van der Waals surface area (Å²) in [5, 5.41) is 11.5. The van der Waals surface area contributed by atoms with Gasteiger partial charge in [0.2, 0.25) is 0 Å². The van der Waals surface area contributed by atoms with Crippen molar-refractivity contribution in [2.45, 2.75) is 26.2 Å². The Kier molecular flexibility index (Phi) is 11.9. The smallest absolute Gasteiger partial charge is 0.308 e. The van der Waals surface area contributed by atoms with E-state index in [-0.39, 0.29) is 0 Å². The van der Waals surface area contributed by atoms with Crippen molar-refractivity contribution in [3.8, 4) is 90.4 Å². The Balaban J connectivity index is 1.27. The number of fused-ring (bicyclic) bond motifs is 3. The van der Waals surface area contributed by atoms with Gasteiger partial charge in [0, 0.05) is 38.6 Å². The Bertz CT molecular complexity index is 3890. The predicted octanol–water partition coefficient (Wildman–Crippen LogP) is 17.7. The first-order chi connectivity index (χ1) is 36.1. The van der Waals surface area contributed by atoms with Gasteiger partial charge < -0.3 is 4.57 Å². The Hall–Kier alpha value is -9.65. The lowest BCUT2D eigenvalue weighted by Crippen LogP contribution is -2.05. The second kappa shape index (κ2) is 18.8. The standard InChI is InChI=1S/C63H38F6N6/c1-37-24-46(29-49(26-37)62(64,65)66)42-20-22-56-54(32-42)55-33-43(47-25-38(2)27-50(30-47)63(67,68)69)21-23-57(55)75(56)58-52(44-17-10-12-39(28-44)36-70)34-48(35-53(58)45-18-11-19-51(31-45)71-3)61-73-59(40-13-6-4-7-14-40)72-60(74-61)41-15-8-5-9-16-41/h4-35H,1-2H3. The van der Waals surface area contributed by atoms with Gasteiger partial charge in [-0.05, 0) is 137 Å². The number of aryl methyl sites for hydroxylation is 2. The van der Waals surface area contributed by atoms with Gasteiger partial charge in [-0.25, -0.2) is 19.8 Å². The quantitative estimate of drug-likeness (QED) is 0.112. The van der Waals surface area contributed by atoms with Crippen LogP contribution in [0.15, 0.2) is 194 Å². The van der Waals surface area contributed by atoms with Crippen molar-refractivity contribution < 1.29 is 26.3 Å².